The fraction of sp³-hybridized carbons (Fsp3) is 0.545. The van der Waals surface area contributed by atoms with E-state index in [9.17, 15) is 17.6 Å². The number of amides is 1. The molecule has 0 radical (unpaired) electrons. The van der Waals surface area contributed by atoms with Crippen LogP contribution in [0.4, 0.5) is 4.39 Å². The number of hydrogen-bond donors (Lipinski definition) is 1. The number of sulfonamides is 1. The molecule has 31 heavy (non-hydrogen) atoms. The van der Waals surface area contributed by atoms with Gasteiger partial charge in [-0.25, -0.2) is 17.5 Å². The average molecular weight is 449 g/mol. The average Bonchev–Trinajstić information content (AvgIpc) is 3.45. The van der Waals surface area contributed by atoms with Gasteiger partial charge in [0.15, 0.2) is 0 Å². The topological polar surface area (TPSA) is 84.3 Å². The van der Waals surface area contributed by atoms with Gasteiger partial charge in [0.25, 0.3) is 5.91 Å². The third-order valence-electron chi connectivity index (χ3n) is 5.81. The van der Waals surface area contributed by atoms with E-state index in [-0.39, 0.29) is 22.4 Å². The van der Waals surface area contributed by atoms with Crippen molar-refractivity contribution >= 4 is 15.9 Å². The van der Waals surface area contributed by atoms with Gasteiger partial charge in [-0.1, -0.05) is 0 Å². The van der Waals surface area contributed by atoms with E-state index in [1.807, 2.05) is 31.5 Å². The Hall–Kier alpha value is -2.26. The van der Waals surface area contributed by atoms with Gasteiger partial charge in [0.2, 0.25) is 10.0 Å². The molecule has 1 amide bonds. The lowest BCUT2D eigenvalue weighted by Gasteiger charge is -2.33. The molecular formula is C22H29FN4O3S. The fourth-order valence-electron chi connectivity index (χ4n) is 3.91. The van der Waals surface area contributed by atoms with Crippen molar-refractivity contribution in [1.29, 1.82) is 0 Å². The molecule has 1 aliphatic heterocycles. The Bertz CT molecular complexity index is 1060. The van der Waals surface area contributed by atoms with Gasteiger partial charge in [-0.2, -0.15) is 5.10 Å². The number of carbonyl (C=O) groups excluding carboxylic acids is 1. The van der Waals surface area contributed by atoms with Crippen molar-refractivity contribution in [2.45, 2.75) is 68.8 Å². The summed E-state index contributed by atoms with van der Waals surface area (Å²) in [5, 5.41) is 4.71. The summed E-state index contributed by atoms with van der Waals surface area (Å²) in [4.78, 5) is 15.1. The Kier molecular flexibility index (Phi) is 5.68. The number of rotatable bonds is 5. The van der Waals surface area contributed by atoms with E-state index in [0.717, 1.165) is 30.7 Å². The number of nitrogens with one attached hydrogen (secondary N) is 1. The first kappa shape index (κ1) is 22.0. The van der Waals surface area contributed by atoms with Crippen molar-refractivity contribution in [2.24, 2.45) is 0 Å². The van der Waals surface area contributed by atoms with Gasteiger partial charge in [-0.05, 0) is 76.8 Å². The number of hydrogen-bond acceptors (Lipinski definition) is 4. The van der Waals surface area contributed by atoms with Crippen LogP contribution in [0, 0.1) is 5.82 Å². The van der Waals surface area contributed by atoms with Crippen LogP contribution >= 0.6 is 0 Å². The van der Waals surface area contributed by atoms with Crippen molar-refractivity contribution in [3.63, 3.8) is 0 Å². The van der Waals surface area contributed by atoms with Gasteiger partial charge in [-0.15, -0.1) is 0 Å². The molecule has 2 aromatic rings. The summed E-state index contributed by atoms with van der Waals surface area (Å²) in [7, 11) is -3.73. The molecule has 1 saturated carbocycles. The van der Waals surface area contributed by atoms with Gasteiger partial charge in [-0.3, -0.25) is 9.48 Å². The van der Waals surface area contributed by atoms with Crippen LogP contribution in [-0.2, 0) is 15.6 Å². The van der Waals surface area contributed by atoms with Crippen LogP contribution in [0.15, 0.2) is 35.2 Å². The molecule has 2 heterocycles. The molecule has 0 spiro atoms. The predicted octanol–water partition coefficient (Wildman–Crippen LogP) is 3.24. The highest BCUT2D eigenvalue weighted by Crippen LogP contribution is 2.40. The van der Waals surface area contributed by atoms with Crippen LogP contribution in [0.3, 0.4) is 0 Å². The highest BCUT2D eigenvalue weighted by atomic mass is 32.2. The minimum Gasteiger partial charge on any atom is -0.337 e. The van der Waals surface area contributed by atoms with Crippen LogP contribution < -0.4 is 4.72 Å². The van der Waals surface area contributed by atoms with Gasteiger partial charge in [0.05, 0.1) is 16.1 Å². The third-order valence-corrected chi connectivity index (χ3v) is 7.34. The Morgan fingerprint density at radius 1 is 1.10 bits per heavy atom. The van der Waals surface area contributed by atoms with E-state index >= 15 is 0 Å². The molecule has 0 unspecified atom stereocenters. The van der Waals surface area contributed by atoms with Crippen molar-refractivity contribution in [3.8, 4) is 0 Å². The van der Waals surface area contributed by atoms with Crippen molar-refractivity contribution in [2.75, 3.05) is 13.1 Å². The molecule has 1 aromatic heterocycles. The smallest absolute Gasteiger partial charge is 0.272 e. The fourth-order valence-corrected chi connectivity index (χ4v) is 5.21. The lowest BCUT2D eigenvalue weighted by Crippen LogP contribution is -2.47. The van der Waals surface area contributed by atoms with Crippen molar-refractivity contribution in [1.82, 2.24) is 19.4 Å². The summed E-state index contributed by atoms with van der Waals surface area (Å²) < 4.78 is 42.7. The van der Waals surface area contributed by atoms with Crippen LogP contribution in [-0.4, -0.2) is 48.1 Å². The molecule has 168 valence electrons. The summed E-state index contributed by atoms with van der Waals surface area (Å²) >= 11 is 0. The normalized spacial score (nSPS) is 18.4. The van der Waals surface area contributed by atoms with Crippen molar-refractivity contribution < 1.29 is 17.6 Å². The molecule has 0 bridgehead atoms. The summed E-state index contributed by atoms with van der Waals surface area (Å²) in [5.74, 6) is -0.0824. The summed E-state index contributed by atoms with van der Waals surface area (Å²) in [6.45, 7) is 7.02. The predicted molar refractivity (Wildman–Crippen MR) is 115 cm³/mol. The number of likely N-dealkylation sites (tertiary alicyclic amines) is 1. The first-order chi connectivity index (χ1) is 14.5. The van der Waals surface area contributed by atoms with Gasteiger partial charge in [0, 0.05) is 25.0 Å². The zero-order valence-corrected chi connectivity index (χ0v) is 19.0. The maximum Gasteiger partial charge on any atom is 0.272 e. The molecule has 9 heteroatoms. The largest absolute Gasteiger partial charge is 0.337 e. The van der Waals surface area contributed by atoms with Gasteiger partial charge >= 0.3 is 0 Å². The molecule has 2 aliphatic rings. The maximum absolute atomic E-state index is 13.3. The van der Waals surface area contributed by atoms with E-state index in [1.165, 1.54) is 12.1 Å². The van der Waals surface area contributed by atoms with Crippen LogP contribution in [0.5, 0.6) is 0 Å². The molecule has 1 N–H and O–H groups in total. The molecule has 2 fully saturated rings. The van der Waals surface area contributed by atoms with E-state index < -0.39 is 15.8 Å². The second-order valence-electron chi connectivity index (χ2n) is 9.45. The number of carbonyl (C=O) groups is 1. The molecule has 1 aromatic carbocycles. The van der Waals surface area contributed by atoms with E-state index in [0.29, 0.717) is 37.5 Å². The SMILES string of the molecule is CC(C)(C)n1nc(C2CC2)cc1C(=O)N1CCC(NS(=O)(=O)c2ccc(F)cc2)CC1. The Morgan fingerprint density at radius 2 is 1.71 bits per heavy atom. The minimum absolute atomic E-state index is 0.0362. The summed E-state index contributed by atoms with van der Waals surface area (Å²) in [5.41, 5.74) is 1.28. The molecule has 1 aliphatic carbocycles. The number of nitrogens with zero attached hydrogens (tertiary/aromatic N) is 3. The number of benzene rings is 1. The Labute approximate surface area is 182 Å². The standard InChI is InChI=1S/C22H29FN4O3S/c1-22(2,3)27-20(14-19(24-27)15-4-5-15)21(28)26-12-10-17(11-13-26)25-31(29,30)18-8-6-16(23)7-9-18/h6-9,14-15,17,25H,4-5,10-13H2,1-3H3. The monoisotopic (exact) mass is 448 g/mol. The molecule has 4 rings (SSSR count). The van der Waals surface area contributed by atoms with E-state index in [2.05, 4.69) is 4.72 Å². The zero-order chi connectivity index (χ0) is 22.4. The third kappa shape index (κ3) is 4.82. The first-order valence-corrected chi connectivity index (χ1v) is 12.2. The zero-order valence-electron chi connectivity index (χ0n) is 18.1. The summed E-state index contributed by atoms with van der Waals surface area (Å²) in [6.07, 6.45) is 3.28. The van der Waals surface area contributed by atoms with E-state index in [4.69, 9.17) is 5.10 Å². The van der Waals surface area contributed by atoms with Gasteiger partial charge in [0.1, 0.15) is 11.5 Å². The highest BCUT2D eigenvalue weighted by molar-refractivity contribution is 7.89. The van der Waals surface area contributed by atoms with E-state index in [1.54, 1.807) is 4.90 Å². The molecule has 0 atom stereocenters. The number of aromatic nitrogens is 2. The van der Waals surface area contributed by atoms with Crippen LogP contribution in [0.2, 0.25) is 0 Å². The minimum atomic E-state index is -3.73. The Morgan fingerprint density at radius 3 is 2.26 bits per heavy atom. The lowest BCUT2D eigenvalue weighted by atomic mass is 10.1. The van der Waals surface area contributed by atoms with Crippen LogP contribution in [0.1, 0.15) is 68.6 Å². The quantitative estimate of drug-likeness (QED) is 0.761. The molecule has 1 saturated heterocycles. The second-order valence-corrected chi connectivity index (χ2v) is 11.2. The number of piperidine rings is 1. The molecule has 7 nitrogen and oxygen atoms in total. The second kappa shape index (κ2) is 8.02. The number of halogens is 1. The van der Waals surface area contributed by atoms with Crippen LogP contribution in [0.25, 0.3) is 0 Å². The highest BCUT2D eigenvalue weighted by Gasteiger charge is 2.34. The van der Waals surface area contributed by atoms with Gasteiger partial charge < -0.3 is 4.90 Å². The summed E-state index contributed by atoms with van der Waals surface area (Å²) in [6, 6.07) is 6.42. The lowest BCUT2D eigenvalue weighted by molar-refractivity contribution is 0.0690. The van der Waals surface area contributed by atoms with Crippen molar-refractivity contribution in [3.05, 3.63) is 47.5 Å². The molecular weight excluding hydrogens is 419 g/mol. The Balaban J connectivity index is 1.42. The maximum atomic E-state index is 13.3. The first-order valence-electron chi connectivity index (χ1n) is 10.7.